The first-order valence-corrected chi connectivity index (χ1v) is 2.43. The quantitative estimate of drug-likeness (QED) is 0.152. The molecule has 0 aromatic rings. The largest absolute Gasteiger partial charge is 0.394 e. The molecule has 6 N–H and O–H groups in total. The van der Waals surface area contributed by atoms with Crippen LogP contribution in [0.25, 0.3) is 0 Å². The van der Waals surface area contributed by atoms with Crippen LogP contribution in [-0.2, 0) is 61.3 Å². The molecule has 0 aliphatic heterocycles. The third kappa shape index (κ3) is 246. The number of hydrogen-bond acceptors (Lipinski definition) is 4. The standard InChI is InChI=1S/Al.Cr.Fe.Mg.H4N2.Ni.H2O4S.5H/c;;;;1-2;;1-5(2,3)4;;;;;/h;;;;1-2H2;;(H2,1,2,3,4);;;;;. The molecule has 0 rings (SSSR count). The Morgan fingerprint density at radius 2 is 1.08 bits per heavy atom. The van der Waals surface area contributed by atoms with Crippen LogP contribution in [0.4, 0.5) is 0 Å². The van der Waals surface area contributed by atoms with Crippen LogP contribution in [0, 0.1) is 0 Å². The summed E-state index contributed by atoms with van der Waals surface area (Å²) in [5.74, 6) is 8.00. The van der Waals surface area contributed by atoms with E-state index < -0.39 is 10.4 Å². The molecular weight excluding hydrogens is 342 g/mol. The molecule has 0 amide bonds. The van der Waals surface area contributed by atoms with Gasteiger partial charge >= 0.3 is 33.5 Å². The minimum absolute atomic E-state index is 0. The second kappa shape index (κ2) is 29.2. The monoisotopic (exact) mass is 352 g/mol. The van der Waals surface area contributed by atoms with Gasteiger partial charge in [0.2, 0.25) is 0 Å². The Hall–Kier alpha value is 2.63. The summed E-state index contributed by atoms with van der Waals surface area (Å²) in [5.41, 5.74) is 0. The van der Waals surface area contributed by atoms with Crippen LogP contribution in [-0.4, -0.2) is 57.9 Å². The van der Waals surface area contributed by atoms with E-state index >= 15 is 0 Å². The van der Waals surface area contributed by atoms with Gasteiger partial charge in [-0.15, -0.1) is 0 Å². The van der Waals surface area contributed by atoms with Crippen molar-refractivity contribution in [3.05, 3.63) is 0 Å². The van der Waals surface area contributed by atoms with Gasteiger partial charge in [-0.25, -0.2) is 0 Å². The minimum Gasteiger partial charge on any atom is -0.274 e. The summed E-state index contributed by atoms with van der Waals surface area (Å²) in [5, 5.41) is 0. The van der Waals surface area contributed by atoms with Crippen LogP contribution >= 0.6 is 0 Å². The molecule has 0 aromatic carbocycles. The van der Waals surface area contributed by atoms with E-state index in [2.05, 4.69) is 11.7 Å². The van der Waals surface area contributed by atoms with Crippen LogP contribution in [0.1, 0.15) is 0 Å². The van der Waals surface area contributed by atoms with E-state index in [-0.39, 0.29) is 91.3 Å². The van der Waals surface area contributed by atoms with Crippen molar-refractivity contribution in [2.75, 3.05) is 0 Å². The average Bonchev–Trinajstić information content (AvgIpc) is 1.36. The molecule has 6 nitrogen and oxygen atoms in total. The fraction of sp³-hybridized carbons (Fsp3) is 0. The van der Waals surface area contributed by atoms with Crippen molar-refractivity contribution in [1.82, 2.24) is 0 Å². The second-order valence-corrected chi connectivity index (χ2v) is 1.34. The third-order valence-electron chi connectivity index (χ3n) is 0. The van der Waals surface area contributed by atoms with Gasteiger partial charge in [0.1, 0.15) is 0 Å². The molecule has 12 heteroatoms. The van der Waals surface area contributed by atoms with Crippen LogP contribution in [0.2, 0.25) is 0 Å². The van der Waals surface area contributed by atoms with Crippen molar-refractivity contribution in [3.8, 4) is 0 Å². The molecule has 12 heavy (non-hydrogen) atoms. The maximum absolute atomic E-state index is 8.74. The van der Waals surface area contributed by atoms with E-state index in [1.54, 1.807) is 0 Å². The van der Waals surface area contributed by atoms with Crippen molar-refractivity contribution in [2.24, 2.45) is 11.7 Å². The number of rotatable bonds is 0. The Morgan fingerprint density at radius 1 is 1.08 bits per heavy atom. The van der Waals surface area contributed by atoms with E-state index in [0.717, 1.165) is 0 Å². The van der Waals surface area contributed by atoms with Gasteiger partial charge in [-0.05, 0) is 0 Å². The Morgan fingerprint density at radius 3 is 1.08 bits per heavy atom. The van der Waals surface area contributed by atoms with Gasteiger partial charge in [-0.1, -0.05) is 0 Å². The summed E-state index contributed by atoms with van der Waals surface area (Å²) in [6, 6.07) is 0. The molecule has 0 heterocycles. The number of hydrogen-bond donors (Lipinski definition) is 4. The van der Waals surface area contributed by atoms with Crippen LogP contribution in [0.3, 0.4) is 0 Å². The normalized spacial score (nSPS) is 5.33. The SMILES string of the molecule is NN.O=S(=O)(O)O.[AlH3].[Cr].[Fe].[MgH2].[Ni]. The van der Waals surface area contributed by atoms with Gasteiger partial charge in [0, 0.05) is 50.9 Å². The molecule has 0 unspecified atom stereocenters. The predicted octanol–water partition coefficient (Wildman–Crippen LogP) is -3.94. The molecule has 0 aliphatic carbocycles. The summed E-state index contributed by atoms with van der Waals surface area (Å²) in [4.78, 5) is 0. The fourth-order valence-electron chi connectivity index (χ4n) is 0. The molecule has 0 fully saturated rings. The Balaban J connectivity index is -0.00000000671. The Labute approximate surface area is 129 Å². The van der Waals surface area contributed by atoms with E-state index in [1.165, 1.54) is 0 Å². The third-order valence-corrected chi connectivity index (χ3v) is 0. The minimum atomic E-state index is -4.67. The fourth-order valence-corrected chi connectivity index (χ4v) is 0. The maximum Gasteiger partial charge on any atom is 0.394 e. The van der Waals surface area contributed by atoms with Crippen LogP contribution in [0.15, 0.2) is 0 Å². The van der Waals surface area contributed by atoms with E-state index in [1.807, 2.05) is 0 Å². The van der Waals surface area contributed by atoms with Crippen molar-refractivity contribution in [2.45, 2.75) is 0 Å². The van der Waals surface area contributed by atoms with Gasteiger partial charge in [-0.3, -0.25) is 20.8 Å². The zero-order valence-electron chi connectivity index (χ0n) is 4.35. The maximum atomic E-state index is 8.74. The predicted molar refractivity (Wildman–Crippen MR) is 41.0 cm³/mol. The average molecular weight is 353 g/mol. The molecule has 0 aromatic heterocycles. The van der Waals surface area contributed by atoms with Crippen molar-refractivity contribution in [1.29, 1.82) is 0 Å². The number of nitrogens with two attached hydrogens (primary N) is 2. The molecule has 0 saturated carbocycles. The van der Waals surface area contributed by atoms with Gasteiger partial charge in [0.15, 0.2) is 17.4 Å². The van der Waals surface area contributed by atoms with Gasteiger partial charge in [-0.2, -0.15) is 8.42 Å². The molecule has 0 spiro atoms. The van der Waals surface area contributed by atoms with Gasteiger partial charge in [0.05, 0.1) is 0 Å². The second-order valence-electron chi connectivity index (χ2n) is 0.448. The van der Waals surface area contributed by atoms with Crippen LogP contribution < -0.4 is 11.7 Å². The summed E-state index contributed by atoms with van der Waals surface area (Å²) >= 11 is 0. The van der Waals surface area contributed by atoms with Gasteiger partial charge in [0.25, 0.3) is 0 Å². The Bertz CT molecular complexity index is 116. The molecule has 0 aliphatic rings. The molecule has 0 saturated heterocycles. The Kier molecular flexibility index (Phi) is 114. The molecule has 0 bridgehead atoms. The molecule has 80 valence electrons. The molecular formula is H11AlCrFeMgN2NiO4S. The first-order valence-electron chi connectivity index (χ1n) is 1.03. The molecule has 0 atom stereocenters. The molecule has 0 radical (unpaired) electrons. The number of hydrazine groups is 1. The van der Waals surface area contributed by atoms with Crippen molar-refractivity contribution < 1.29 is 68.4 Å². The topological polar surface area (TPSA) is 127 Å². The van der Waals surface area contributed by atoms with Gasteiger partial charge < -0.3 is 0 Å². The summed E-state index contributed by atoms with van der Waals surface area (Å²) < 4.78 is 31.6. The first kappa shape index (κ1) is 46.7. The first-order chi connectivity index (χ1) is 3.00. The van der Waals surface area contributed by atoms with Crippen molar-refractivity contribution >= 4 is 50.8 Å². The smallest absolute Gasteiger partial charge is 0.274 e. The van der Waals surface area contributed by atoms with E-state index in [9.17, 15) is 0 Å². The van der Waals surface area contributed by atoms with E-state index in [4.69, 9.17) is 17.5 Å². The zero-order chi connectivity index (χ0) is 6.50. The van der Waals surface area contributed by atoms with Crippen molar-refractivity contribution in [3.63, 3.8) is 0 Å². The summed E-state index contributed by atoms with van der Waals surface area (Å²) in [7, 11) is -4.67. The summed E-state index contributed by atoms with van der Waals surface area (Å²) in [6.07, 6.45) is 0. The van der Waals surface area contributed by atoms with Crippen LogP contribution in [0.5, 0.6) is 0 Å². The zero-order valence-corrected chi connectivity index (χ0v) is 8.54. The summed E-state index contributed by atoms with van der Waals surface area (Å²) in [6.45, 7) is 0. The van der Waals surface area contributed by atoms with E-state index in [0.29, 0.717) is 0 Å².